The zero-order valence-electron chi connectivity index (χ0n) is 7.81. The van der Waals surface area contributed by atoms with Crippen LogP contribution in [-0.4, -0.2) is 11.1 Å². The standard InChI is InChI=1S/C12H12O2/c13-12(14)11-9-4-2-1-3-7(9)5-8-6-10(8)11/h1-4,8,10-11H,5-6H2,(H,13,14). The van der Waals surface area contributed by atoms with Gasteiger partial charge >= 0.3 is 5.97 Å². The number of benzene rings is 1. The number of rotatable bonds is 1. The Labute approximate surface area is 82.6 Å². The molecule has 0 spiro atoms. The molecule has 0 bridgehead atoms. The van der Waals surface area contributed by atoms with Crippen LogP contribution < -0.4 is 0 Å². The van der Waals surface area contributed by atoms with Crippen LogP contribution >= 0.6 is 0 Å². The third-order valence-electron chi connectivity index (χ3n) is 3.54. The van der Waals surface area contributed by atoms with Gasteiger partial charge in [-0.05, 0) is 35.8 Å². The van der Waals surface area contributed by atoms with E-state index in [9.17, 15) is 9.90 Å². The fourth-order valence-electron chi connectivity index (χ4n) is 2.77. The van der Waals surface area contributed by atoms with Crippen molar-refractivity contribution in [3.8, 4) is 0 Å². The van der Waals surface area contributed by atoms with Crippen LogP contribution in [0.4, 0.5) is 0 Å². The molecule has 2 aliphatic carbocycles. The largest absolute Gasteiger partial charge is 0.481 e. The number of hydrogen-bond donors (Lipinski definition) is 1. The fraction of sp³-hybridized carbons (Fsp3) is 0.417. The summed E-state index contributed by atoms with van der Waals surface area (Å²) in [6, 6.07) is 7.99. The molecule has 0 aromatic heterocycles. The smallest absolute Gasteiger partial charge is 0.311 e. The van der Waals surface area contributed by atoms with Crippen molar-refractivity contribution >= 4 is 5.97 Å². The van der Waals surface area contributed by atoms with Crippen LogP contribution in [0.2, 0.25) is 0 Å². The second kappa shape index (κ2) is 2.59. The van der Waals surface area contributed by atoms with E-state index in [1.807, 2.05) is 18.2 Å². The van der Waals surface area contributed by atoms with Crippen LogP contribution in [-0.2, 0) is 11.2 Å². The van der Waals surface area contributed by atoms with Crippen LogP contribution in [0, 0.1) is 11.8 Å². The number of aliphatic carboxylic acids is 1. The van der Waals surface area contributed by atoms with Gasteiger partial charge in [0.2, 0.25) is 0 Å². The van der Waals surface area contributed by atoms with Gasteiger partial charge in [-0.25, -0.2) is 0 Å². The number of carboxylic acid groups (broad SMARTS) is 1. The summed E-state index contributed by atoms with van der Waals surface area (Å²) in [5, 5.41) is 9.18. The lowest BCUT2D eigenvalue weighted by Gasteiger charge is -2.21. The van der Waals surface area contributed by atoms with E-state index >= 15 is 0 Å². The van der Waals surface area contributed by atoms with Crippen LogP contribution in [0.1, 0.15) is 23.5 Å². The van der Waals surface area contributed by atoms with Gasteiger partial charge in [-0.2, -0.15) is 0 Å². The Morgan fingerprint density at radius 1 is 1.36 bits per heavy atom. The molecule has 0 aliphatic heterocycles. The lowest BCUT2D eigenvalue weighted by Crippen LogP contribution is -2.20. The number of carboxylic acids is 1. The van der Waals surface area contributed by atoms with E-state index < -0.39 is 5.97 Å². The number of fused-ring (bicyclic) bond motifs is 2. The van der Waals surface area contributed by atoms with Crippen LogP contribution in [0.5, 0.6) is 0 Å². The summed E-state index contributed by atoms with van der Waals surface area (Å²) in [4.78, 5) is 11.2. The van der Waals surface area contributed by atoms with Crippen LogP contribution in [0.15, 0.2) is 24.3 Å². The summed E-state index contributed by atoms with van der Waals surface area (Å²) < 4.78 is 0. The first-order valence-electron chi connectivity index (χ1n) is 5.08. The molecule has 3 unspecified atom stereocenters. The van der Waals surface area contributed by atoms with Crippen molar-refractivity contribution in [3.63, 3.8) is 0 Å². The van der Waals surface area contributed by atoms with Gasteiger partial charge in [0.1, 0.15) is 0 Å². The number of carbonyl (C=O) groups is 1. The van der Waals surface area contributed by atoms with E-state index in [2.05, 4.69) is 6.07 Å². The van der Waals surface area contributed by atoms with Gasteiger partial charge in [0, 0.05) is 0 Å². The second-order valence-electron chi connectivity index (χ2n) is 4.38. The molecule has 0 saturated heterocycles. The first-order chi connectivity index (χ1) is 6.77. The Hall–Kier alpha value is -1.31. The quantitative estimate of drug-likeness (QED) is 0.732. The Morgan fingerprint density at radius 3 is 2.93 bits per heavy atom. The molecule has 1 aromatic carbocycles. The lowest BCUT2D eigenvalue weighted by molar-refractivity contribution is -0.139. The van der Waals surface area contributed by atoms with Crippen molar-refractivity contribution in [2.45, 2.75) is 18.8 Å². The minimum Gasteiger partial charge on any atom is -0.481 e. The first-order valence-corrected chi connectivity index (χ1v) is 5.08. The molecule has 1 N–H and O–H groups in total. The first kappa shape index (κ1) is 8.04. The maximum absolute atomic E-state index is 11.2. The van der Waals surface area contributed by atoms with E-state index in [4.69, 9.17) is 0 Å². The molecule has 1 saturated carbocycles. The van der Waals surface area contributed by atoms with Crippen molar-refractivity contribution in [1.29, 1.82) is 0 Å². The average molecular weight is 188 g/mol. The summed E-state index contributed by atoms with van der Waals surface area (Å²) in [6.45, 7) is 0. The summed E-state index contributed by atoms with van der Waals surface area (Å²) in [5.74, 6) is 0.183. The minimum atomic E-state index is -0.648. The summed E-state index contributed by atoms with van der Waals surface area (Å²) in [5.41, 5.74) is 2.30. The van der Waals surface area contributed by atoms with Crippen molar-refractivity contribution in [2.24, 2.45) is 11.8 Å². The zero-order valence-corrected chi connectivity index (χ0v) is 7.81. The molecule has 0 amide bonds. The molecule has 72 valence electrons. The summed E-state index contributed by atoms with van der Waals surface area (Å²) in [6.07, 6.45) is 2.19. The van der Waals surface area contributed by atoms with Crippen LogP contribution in [0.25, 0.3) is 0 Å². The van der Waals surface area contributed by atoms with Gasteiger partial charge in [0.15, 0.2) is 0 Å². The van der Waals surface area contributed by atoms with Gasteiger partial charge in [-0.1, -0.05) is 24.3 Å². The zero-order chi connectivity index (χ0) is 9.71. The maximum atomic E-state index is 11.2. The highest BCUT2D eigenvalue weighted by molar-refractivity contribution is 5.78. The molecule has 0 radical (unpaired) electrons. The highest BCUT2D eigenvalue weighted by Crippen LogP contribution is 2.54. The molecule has 2 heteroatoms. The fourth-order valence-corrected chi connectivity index (χ4v) is 2.77. The van der Waals surface area contributed by atoms with E-state index in [0.29, 0.717) is 11.8 Å². The predicted octanol–water partition coefficient (Wildman–Crippen LogP) is 2.05. The average Bonchev–Trinajstić information content (AvgIpc) is 2.91. The van der Waals surface area contributed by atoms with Gasteiger partial charge in [-0.3, -0.25) is 4.79 Å². The highest BCUT2D eigenvalue weighted by Gasteiger charge is 2.50. The van der Waals surface area contributed by atoms with Crippen molar-refractivity contribution < 1.29 is 9.90 Å². The van der Waals surface area contributed by atoms with Gasteiger partial charge in [-0.15, -0.1) is 0 Å². The summed E-state index contributed by atoms with van der Waals surface area (Å²) >= 11 is 0. The predicted molar refractivity (Wildman–Crippen MR) is 52.1 cm³/mol. The van der Waals surface area contributed by atoms with Gasteiger partial charge in [0.25, 0.3) is 0 Å². The minimum absolute atomic E-state index is 0.232. The highest BCUT2D eigenvalue weighted by atomic mass is 16.4. The van der Waals surface area contributed by atoms with Gasteiger partial charge in [0.05, 0.1) is 5.92 Å². The van der Waals surface area contributed by atoms with Crippen molar-refractivity contribution in [3.05, 3.63) is 35.4 Å². The molecule has 14 heavy (non-hydrogen) atoms. The van der Waals surface area contributed by atoms with E-state index in [1.165, 1.54) is 5.56 Å². The molecule has 0 heterocycles. The summed E-state index contributed by atoms with van der Waals surface area (Å²) in [7, 11) is 0. The number of hydrogen-bond acceptors (Lipinski definition) is 1. The molecule has 3 rings (SSSR count). The van der Waals surface area contributed by atoms with Gasteiger partial charge < -0.3 is 5.11 Å². The van der Waals surface area contributed by atoms with Crippen molar-refractivity contribution in [2.75, 3.05) is 0 Å². The maximum Gasteiger partial charge on any atom is 0.311 e. The van der Waals surface area contributed by atoms with Crippen LogP contribution in [0.3, 0.4) is 0 Å². The normalized spacial score (nSPS) is 33.0. The molecule has 1 fully saturated rings. The second-order valence-corrected chi connectivity index (χ2v) is 4.38. The Morgan fingerprint density at radius 2 is 2.14 bits per heavy atom. The molecular weight excluding hydrogens is 176 g/mol. The SMILES string of the molecule is O=C(O)C1c2ccccc2CC2CC21. The Kier molecular flexibility index (Phi) is 1.49. The topological polar surface area (TPSA) is 37.3 Å². The third-order valence-corrected chi connectivity index (χ3v) is 3.54. The van der Waals surface area contributed by atoms with E-state index in [1.54, 1.807) is 0 Å². The molecule has 3 atom stereocenters. The van der Waals surface area contributed by atoms with Crippen molar-refractivity contribution in [1.82, 2.24) is 0 Å². The monoisotopic (exact) mass is 188 g/mol. The Bertz CT molecular complexity index is 397. The lowest BCUT2D eigenvalue weighted by atomic mass is 9.83. The van der Waals surface area contributed by atoms with E-state index in [0.717, 1.165) is 18.4 Å². The Balaban J connectivity index is 2.10. The van der Waals surface area contributed by atoms with E-state index in [-0.39, 0.29) is 5.92 Å². The molecule has 2 aliphatic rings. The molecular formula is C12H12O2. The molecule has 1 aromatic rings. The third kappa shape index (κ3) is 0.999. The molecule has 2 nitrogen and oxygen atoms in total.